The largest absolute Gasteiger partial charge is 0.353 e. The Morgan fingerprint density at radius 1 is 1.16 bits per heavy atom. The van der Waals surface area contributed by atoms with Gasteiger partial charge in [0.15, 0.2) is 0 Å². The fourth-order valence-electron chi connectivity index (χ4n) is 3.70. The lowest BCUT2D eigenvalue weighted by atomic mass is 10.0. The lowest BCUT2D eigenvalue weighted by Gasteiger charge is -2.40. The van der Waals surface area contributed by atoms with Crippen molar-refractivity contribution in [2.45, 2.75) is 26.8 Å². The average molecular weight is 353 g/mol. The van der Waals surface area contributed by atoms with Gasteiger partial charge in [0.2, 0.25) is 0 Å². The molecular weight excluding hydrogens is 328 g/mol. The van der Waals surface area contributed by atoms with Gasteiger partial charge >= 0.3 is 0 Å². The van der Waals surface area contributed by atoms with Crippen LogP contribution in [0.1, 0.15) is 19.4 Å². The molecule has 1 aliphatic heterocycles. The molecule has 130 valence electrons. The predicted octanol–water partition coefficient (Wildman–Crippen LogP) is 4.20. The van der Waals surface area contributed by atoms with Gasteiger partial charge < -0.3 is 4.90 Å². The lowest BCUT2D eigenvalue weighted by Crippen LogP contribution is -2.52. The second-order valence-electron chi connectivity index (χ2n) is 6.82. The third-order valence-electron chi connectivity index (χ3n) is 5.18. The van der Waals surface area contributed by atoms with E-state index in [0.717, 1.165) is 36.8 Å². The molecule has 5 heteroatoms. The van der Waals surface area contributed by atoms with Crippen molar-refractivity contribution in [1.29, 1.82) is 0 Å². The molecular formula is C20H24N4S. The third-order valence-corrected chi connectivity index (χ3v) is 6.07. The highest BCUT2D eigenvalue weighted by Crippen LogP contribution is 2.38. The molecule has 2 aromatic heterocycles. The monoisotopic (exact) mass is 352 g/mol. The maximum atomic E-state index is 4.69. The van der Waals surface area contributed by atoms with E-state index in [1.54, 1.807) is 17.7 Å². The van der Waals surface area contributed by atoms with Gasteiger partial charge in [-0.15, -0.1) is 11.3 Å². The second-order valence-corrected chi connectivity index (χ2v) is 7.67. The minimum absolute atomic E-state index is 0.547. The Hall–Kier alpha value is -1.98. The van der Waals surface area contributed by atoms with E-state index in [1.165, 1.54) is 22.1 Å². The van der Waals surface area contributed by atoms with Gasteiger partial charge in [-0.3, -0.25) is 4.90 Å². The van der Waals surface area contributed by atoms with Crippen molar-refractivity contribution in [2.24, 2.45) is 0 Å². The summed E-state index contributed by atoms with van der Waals surface area (Å²) in [6.07, 6.45) is 1.71. The van der Waals surface area contributed by atoms with Gasteiger partial charge in [-0.25, -0.2) is 9.97 Å². The van der Waals surface area contributed by atoms with Crippen LogP contribution in [0.3, 0.4) is 0 Å². The van der Waals surface area contributed by atoms with Crippen LogP contribution in [-0.4, -0.2) is 47.1 Å². The van der Waals surface area contributed by atoms with Crippen molar-refractivity contribution >= 4 is 27.4 Å². The average Bonchev–Trinajstić information content (AvgIpc) is 3.06. The first-order chi connectivity index (χ1) is 12.2. The van der Waals surface area contributed by atoms with Gasteiger partial charge in [0.25, 0.3) is 0 Å². The molecule has 1 saturated heterocycles. The van der Waals surface area contributed by atoms with Gasteiger partial charge in [-0.05, 0) is 26.0 Å². The predicted molar refractivity (Wildman–Crippen MR) is 107 cm³/mol. The Morgan fingerprint density at radius 2 is 1.96 bits per heavy atom. The molecule has 1 aromatic carbocycles. The molecule has 0 aliphatic carbocycles. The SMILES string of the molecule is CCN1CCN(c2ncnc3scc(-c4ccc(C)cc4)c23)CC1C. The minimum Gasteiger partial charge on any atom is -0.353 e. The molecule has 0 spiro atoms. The van der Waals surface area contributed by atoms with Crippen molar-refractivity contribution in [3.63, 3.8) is 0 Å². The Kier molecular flexibility index (Phi) is 4.44. The summed E-state index contributed by atoms with van der Waals surface area (Å²) in [5.41, 5.74) is 3.78. The van der Waals surface area contributed by atoms with Crippen molar-refractivity contribution in [1.82, 2.24) is 14.9 Å². The molecule has 0 N–H and O–H groups in total. The number of likely N-dealkylation sites (N-methyl/N-ethyl adjacent to an activating group) is 1. The van der Waals surface area contributed by atoms with Crippen LogP contribution in [0, 0.1) is 6.92 Å². The van der Waals surface area contributed by atoms with E-state index in [0.29, 0.717) is 6.04 Å². The van der Waals surface area contributed by atoms with Crippen LogP contribution in [-0.2, 0) is 0 Å². The molecule has 0 radical (unpaired) electrons. The second kappa shape index (κ2) is 6.73. The van der Waals surface area contributed by atoms with Gasteiger partial charge in [-0.2, -0.15) is 0 Å². The van der Waals surface area contributed by atoms with Crippen molar-refractivity contribution in [2.75, 3.05) is 31.1 Å². The molecule has 1 fully saturated rings. The number of nitrogens with zero attached hydrogens (tertiary/aromatic N) is 4. The summed E-state index contributed by atoms with van der Waals surface area (Å²) in [5.74, 6) is 1.09. The zero-order chi connectivity index (χ0) is 17.4. The number of fused-ring (bicyclic) bond motifs is 1. The van der Waals surface area contributed by atoms with Gasteiger partial charge in [0.05, 0.1) is 5.39 Å². The van der Waals surface area contributed by atoms with E-state index in [1.807, 2.05) is 0 Å². The number of thiophene rings is 1. The van der Waals surface area contributed by atoms with E-state index < -0.39 is 0 Å². The number of aryl methyl sites for hydroxylation is 1. The smallest absolute Gasteiger partial charge is 0.141 e. The quantitative estimate of drug-likeness (QED) is 0.707. The first-order valence-electron chi connectivity index (χ1n) is 8.95. The van der Waals surface area contributed by atoms with Gasteiger partial charge in [0, 0.05) is 36.6 Å². The molecule has 0 saturated carbocycles. The molecule has 1 aliphatic rings. The number of aromatic nitrogens is 2. The normalized spacial score (nSPS) is 18.8. The Bertz CT molecular complexity index is 871. The first-order valence-corrected chi connectivity index (χ1v) is 9.83. The molecule has 3 heterocycles. The molecule has 4 nitrogen and oxygen atoms in total. The summed E-state index contributed by atoms with van der Waals surface area (Å²) in [4.78, 5) is 15.3. The number of hydrogen-bond acceptors (Lipinski definition) is 5. The fraction of sp³-hybridized carbons (Fsp3) is 0.400. The first kappa shape index (κ1) is 16.5. The Morgan fingerprint density at radius 3 is 2.68 bits per heavy atom. The number of hydrogen-bond donors (Lipinski definition) is 0. The van der Waals surface area contributed by atoms with Crippen LogP contribution in [0.2, 0.25) is 0 Å². The van der Waals surface area contributed by atoms with Crippen LogP contribution >= 0.6 is 11.3 Å². The molecule has 0 bridgehead atoms. The topological polar surface area (TPSA) is 32.3 Å². The van der Waals surface area contributed by atoms with Crippen LogP contribution < -0.4 is 4.90 Å². The third kappa shape index (κ3) is 3.02. The van der Waals surface area contributed by atoms with Crippen molar-refractivity contribution < 1.29 is 0 Å². The van der Waals surface area contributed by atoms with E-state index in [2.05, 4.69) is 65.2 Å². The Balaban J connectivity index is 1.77. The maximum Gasteiger partial charge on any atom is 0.141 e. The van der Waals surface area contributed by atoms with Gasteiger partial charge in [-0.1, -0.05) is 36.8 Å². The van der Waals surface area contributed by atoms with E-state index in [9.17, 15) is 0 Å². The van der Waals surface area contributed by atoms with Crippen molar-refractivity contribution in [3.8, 4) is 11.1 Å². The van der Waals surface area contributed by atoms with E-state index in [-0.39, 0.29) is 0 Å². The van der Waals surface area contributed by atoms with Gasteiger partial charge in [0.1, 0.15) is 17.0 Å². The van der Waals surface area contributed by atoms with E-state index >= 15 is 0 Å². The molecule has 25 heavy (non-hydrogen) atoms. The molecule has 1 unspecified atom stereocenters. The highest BCUT2D eigenvalue weighted by Gasteiger charge is 2.25. The molecule has 0 amide bonds. The standard InChI is InChI=1S/C20H24N4S/c1-4-23-9-10-24(11-15(23)3)19-18-17(12-25-20(18)22-13-21-19)16-7-5-14(2)6-8-16/h5-8,12-13,15H,4,9-11H2,1-3H3. The summed E-state index contributed by atoms with van der Waals surface area (Å²) in [5, 5.41) is 3.42. The minimum atomic E-state index is 0.547. The number of benzene rings is 1. The summed E-state index contributed by atoms with van der Waals surface area (Å²) in [7, 11) is 0. The number of anilines is 1. The van der Waals surface area contributed by atoms with Crippen LogP contribution in [0.4, 0.5) is 5.82 Å². The summed E-state index contributed by atoms with van der Waals surface area (Å²) in [6, 6.07) is 9.29. The Labute approximate surface area is 153 Å². The molecule has 1 atom stereocenters. The van der Waals surface area contributed by atoms with Crippen LogP contribution in [0.15, 0.2) is 36.0 Å². The zero-order valence-corrected chi connectivity index (χ0v) is 15.9. The van der Waals surface area contributed by atoms with Crippen molar-refractivity contribution in [3.05, 3.63) is 41.5 Å². The highest BCUT2D eigenvalue weighted by atomic mass is 32.1. The molecule has 4 rings (SSSR count). The maximum absolute atomic E-state index is 4.69. The highest BCUT2D eigenvalue weighted by molar-refractivity contribution is 7.17. The number of rotatable bonds is 3. The van der Waals surface area contributed by atoms with Crippen LogP contribution in [0.25, 0.3) is 21.3 Å². The summed E-state index contributed by atoms with van der Waals surface area (Å²) >= 11 is 1.71. The number of piperazine rings is 1. The fourth-order valence-corrected chi connectivity index (χ4v) is 4.61. The lowest BCUT2D eigenvalue weighted by molar-refractivity contribution is 0.199. The summed E-state index contributed by atoms with van der Waals surface area (Å²) < 4.78 is 0. The zero-order valence-electron chi connectivity index (χ0n) is 15.1. The molecule has 3 aromatic rings. The van der Waals surface area contributed by atoms with Crippen LogP contribution in [0.5, 0.6) is 0 Å². The van der Waals surface area contributed by atoms with E-state index in [4.69, 9.17) is 4.98 Å². The summed E-state index contributed by atoms with van der Waals surface area (Å²) in [6.45, 7) is 10.9.